The summed E-state index contributed by atoms with van der Waals surface area (Å²) in [5, 5.41) is 11.7. The summed E-state index contributed by atoms with van der Waals surface area (Å²) in [7, 11) is 0. The van der Waals surface area contributed by atoms with E-state index in [2.05, 4.69) is 13.8 Å². The Balaban J connectivity index is 1.87. The molecule has 3 unspecified atom stereocenters. The highest BCUT2D eigenvalue weighted by atomic mass is 16.6. The normalized spacial score (nSPS) is 19.7. The van der Waals surface area contributed by atoms with Gasteiger partial charge in [0, 0.05) is 24.7 Å². The highest BCUT2D eigenvalue weighted by Crippen LogP contribution is 2.34. The maximum Gasteiger partial charge on any atom is 0.339 e. The molecular weight excluding hydrogens is 386 g/mol. The number of ether oxygens (including phenoxy) is 1. The lowest BCUT2D eigenvalue weighted by Crippen LogP contribution is -2.39. The van der Waals surface area contributed by atoms with E-state index in [9.17, 15) is 19.7 Å². The van der Waals surface area contributed by atoms with Crippen molar-refractivity contribution in [2.45, 2.75) is 26.4 Å². The van der Waals surface area contributed by atoms with Crippen molar-refractivity contribution in [3.8, 4) is 0 Å². The standard InChI is InChI=1S/C22H25N3O5/c1-14-10-15(2)13-24(12-14)18-9-8-17(11-19(18)25(28)29)22(27)30-20(21(23)26)16-6-4-3-5-7-16/h3-9,11,14-15,20H,10,12-13H2,1-2H3,(H2,23,26). The molecule has 3 rings (SSSR count). The van der Waals surface area contributed by atoms with Crippen molar-refractivity contribution in [1.82, 2.24) is 0 Å². The van der Waals surface area contributed by atoms with Crippen molar-refractivity contribution >= 4 is 23.3 Å². The molecule has 158 valence electrons. The molecule has 1 heterocycles. The second kappa shape index (κ2) is 8.94. The molecule has 8 nitrogen and oxygen atoms in total. The molecular formula is C22H25N3O5. The van der Waals surface area contributed by atoms with Crippen LogP contribution in [0.25, 0.3) is 0 Å². The Kier molecular flexibility index (Phi) is 6.34. The van der Waals surface area contributed by atoms with Crippen LogP contribution in [0, 0.1) is 22.0 Å². The zero-order valence-electron chi connectivity index (χ0n) is 17.0. The Labute approximate surface area is 174 Å². The summed E-state index contributed by atoms with van der Waals surface area (Å²) < 4.78 is 5.29. The number of benzene rings is 2. The van der Waals surface area contributed by atoms with Crippen molar-refractivity contribution < 1.29 is 19.2 Å². The van der Waals surface area contributed by atoms with E-state index in [1.54, 1.807) is 36.4 Å². The Morgan fingerprint density at radius 2 is 1.77 bits per heavy atom. The number of anilines is 1. The maximum atomic E-state index is 12.6. The van der Waals surface area contributed by atoms with Gasteiger partial charge in [-0.25, -0.2) is 4.79 Å². The minimum Gasteiger partial charge on any atom is -0.444 e. The number of carbonyl (C=O) groups excluding carboxylic acids is 2. The van der Waals surface area contributed by atoms with Crippen LogP contribution in [-0.2, 0) is 9.53 Å². The third-order valence-electron chi connectivity index (χ3n) is 5.20. The number of piperidine rings is 1. The largest absolute Gasteiger partial charge is 0.444 e. The van der Waals surface area contributed by atoms with Gasteiger partial charge in [0.05, 0.1) is 10.5 Å². The smallest absolute Gasteiger partial charge is 0.339 e. The van der Waals surface area contributed by atoms with E-state index < -0.39 is 22.9 Å². The average Bonchev–Trinajstić information content (AvgIpc) is 2.71. The number of nitrogens with zero attached hydrogens (tertiary/aromatic N) is 2. The predicted octanol–water partition coefficient (Wildman–Crippen LogP) is 3.46. The lowest BCUT2D eigenvalue weighted by Gasteiger charge is -2.36. The number of esters is 1. The zero-order valence-corrected chi connectivity index (χ0v) is 17.0. The van der Waals surface area contributed by atoms with Crippen LogP contribution < -0.4 is 10.6 Å². The number of rotatable bonds is 6. The first-order valence-corrected chi connectivity index (χ1v) is 9.85. The van der Waals surface area contributed by atoms with Gasteiger partial charge >= 0.3 is 5.97 Å². The van der Waals surface area contributed by atoms with Gasteiger partial charge in [-0.15, -0.1) is 0 Å². The fourth-order valence-electron chi connectivity index (χ4n) is 4.02. The quantitative estimate of drug-likeness (QED) is 0.442. The van der Waals surface area contributed by atoms with Gasteiger partial charge in [-0.1, -0.05) is 44.2 Å². The molecule has 0 spiro atoms. The van der Waals surface area contributed by atoms with Crippen LogP contribution in [-0.4, -0.2) is 29.9 Å². The van der Waals surface area contributed by atoms with E-state index in [0.29, 0.717) is 36.2 Å². The molecule has 0 saturated carbocycles. The number of primary amides is 1. The van der Waals surface area contributed by atoms with Gasteiger partial charge in [-0.3, -0.25) is 14.9 Å². The topological polar surface area (TPSA) is 116 Å². The number of hydrogen-bond donors (Lipinski definition) is 1. The van der Waals surface area contributed by atoms with E-state index in [-0.39, 0.29) is 11.3 Å². The summed E-state index contributed by atoms with van der Waals surface area (Å²) in [5.41, 5.74) is 6.12. The summed E-state index contributed by atoms with van der Waals surface area (Å²) in [6, 6.07) is 12.6. The van der Waals surface area contributed by atoms with Crippen LogP contribution in [0.5, 0.6) is 0 Å². The van der Waals surface area contributed by atoms with E-state index in [4.69, 9.17) is 10.5 Å². The Bertz CT molecular complexity index is 937. The number of nitrogens with two attached hydrogens (primary N) is 1. The van der Waals surface area contributed by atoms with Crippen molar-refractivity contribution in [1.29, 1.82) is 0 Å². The number of carbonyl (C=O) groups is 2. The molecule has 0 bridgehead atoms. The van der Waals surface area contributed by atoms with Crippen LogP contribution in [0.2, 0.25) is 0 Å². The van der Waals surface area contributed by atoms with Crippen molar-refractivity contribution in [2.75, 3.05) is 18.0 Å². The second-order valence-electron chi connectivity index (χ2n) is 7.91. The van der Waals surface area contributed by atoms with Crippen LogP contribution >= 0.6 is 0 Å². The molecule has 3 atom stereocenters. The van der Waals surface area contributed by atoms with Crippen molar-refractivity contribution in [2.24, 2.45) is 17.6 Å². The lowest BCUT2D eigenvalue weighted by atomic mass is 9.91. The molecule has 30 heavy (non-hydrogen) atoms. The molecule has 0 aliphatic carbocycles. The van der Waals surface area contributed by atoms with Gasteiger partial charge < -0.3 is 15.4 Å². The minimum absolute atomic E-state index is 0.00858. The van der Waals surface area contributed by atoms with E-state index >= 15 is 0 Å². The lowest BCUT2D eigenvalue weighted by molar-refractivity contribution is -0.384. The molecule has 2 aromatic carbocycles. The molecule has 0 aromatic heterocycles. The molecule has 0 radical (unpaired) electrons. The third kappa shape index (κ3) is 4.76. The third-order valence-corrected chi connectivity index (χ3v) is 5.20. The van der Waals surface area contributed by atoms with Gasteiger partial charge in [0.15, 0.2) is 0 Å². The van der Waals surface area contributed by atoms with Gasteiger partial charge in [-0.2, -0.15) is 0 Å². The first kappa shape index (κ1) is 21.3. The summed E-state index contributed by atoms with van der Waals surface area (Å²) >= 11 is 0. The van der Waals surface area contributed by atoms with Crippen LogP contribution in [0.4, 0.5) is 11.4 Å². The van der Waals surface area contributed by atoms with Crippen LogP contribution in [0.15, 0.2) is 48.5 Å². The van der Waals surface area contributed by atoms with Gasteiger partial charge in [0.2, 0.25) is 6.10 Å². The molecule has 1 saturated heterocycles. The average molecular weight is 411 g/mol. The first-order chi connectivity index (χ1) is 14.3. The number of amides is 1. The zero-order chi connectivity index (χ0) is 21.8. The van der Waals surface area contributed by atoms with Crippen LogP contribution in [0.1, 0.15) is 42.3 Å². The van der Waals surface area contributed by atoms with E-state index in [0.717, 1.165) is 6.42 Å². The maximum absolute atomic E-state index is 12.6. The molecule has 8 heteroatoms. The van der Waals surface area contributed by atoms with Crippen LogP contribution in [0.3, 0.4) is 0 Å². The summed E-state index contributed by atoms with van der Waals surface area (Å²) in [6.45, 7) is 5.67. The number of hydrogen-bond acceptors (Lipinski definition) is 6. The first-order valence-electron chi connectivity index (χ1n) is 9.85. The van der Waals surface area contributed by atoms with E-state index in [1.807, 2.05) is 4.90 Å². The van der Waals surface area contributed by atoms with Gasteiger partial charge in [0.1, 0.15) is 5.69 Å². The summed E-state index contributed by atoms with van der Waals surface area (Å²) in [6.07, 6.45) is -0.205. The molecule has 1 aliphatic heterocycles. The van der Waals surface area contributed by atoms with E-state index in [1.165, 1.54) is 12.1 Å². The highest BCUT2D eigenvalue weighted by molar-refractivity contribution is 5.94. The molecule has 1 amide bonds. The van der Waals surface area contributed by atoms with Crippen molar-refractivity contribution in [3.05, 3.63) is 69.8 Å². The fraction of sp³-hybridized carbons (Fsp3) is 0.364. The van der Waals surface area contributed by atoms with Gasteiger partial charge in [0.25, 0.3) is 11.6 Å². The predicted molar refractivity (Wildman–Crippen MR) is 112 cm³/mol. The summed E-state index contributed by atoms with van der Waals surface area (Å²) in [4.78, 5) is 37.6. The Morgan fingerprint density at radius 3 is 2.33 bits per heavy atom. The molecule has 1 aliphatic rings. The molecule has 2 aromatic rings. The fourth-order valence-corrected chi connectivity index (χ4v) is 4.02. The highest BCUT2D eigenvalue weighted by Gasteiger charge is 2.29. The van der Waals surface area contributed by atoms with Gasteiger partial charge in [-0.05, 0) is 30.4 Å². The number of nitro groups is 1. The SMILES string of the molecule is CC1CC(C)CN(c2ccc(C(=O)OC(C(N)=O)c3ccccc3)cc2[N+](=O)[O-])C1. The number of nitro benzene ring substituents is 1. The Morgan fingerprint density at radius 1 is 1.13 bits per heavy atom. The molecule has 2 N–H and O–H groups in total. The molecule has 1 fully saturated rings. The monoisotopic (exact) mass is 411 g/mol. The summed E-state index contributed by atoms with van der Waals surface area (Å²) in [5.74, 6) is -0.838. The Hall–Kier alpha value is -3.42. The van der Waals surface area contributed by atoms with Crippen molar-refractivity contribution in [3.63, 3.8) is 0 Å². The second-order valence-corrected chi connectivity index (χ2v) is 7.91. The minimum atomic E-state index is -1.28.